The highest BCUT2D eigenvalue weighted by molar-refractivity contribution is 8.00. The number of amides is 1. The Hall–Kier alpha value is -3.69. The molecule has 10 heteroatoms. The summed E-state index contributed by atoms with van der Waals surface area (Å²) in [7, 11) is 0. The largest absolute Gasteiger partial charge is 0.378 e. The van der Waals surface area contributed by atoms with Crippen LogP contribution in [0.15, 0.2) is 83.1 Å². The zero-order chi connectivity index (χ0) is 25.5. The van der Waals surface area contributed by atoms with Crippen molar-refractivity contribution < 1.29 is 9.18 Å². The second kappa shape index (κ2) is 11.8. The molecule has 0 aliphatic carbocycles. The molecule has 0 bridgehead atoms. The highest BCUT2D eigenvalue weighted by Gasteiger charge is 2.21. The summed E-state index contributed by atoms with van der Waals surface area (Å²) in [6.45, 7) is 4.18. The molecular weight excluding hydrogens is 499 g/mol. The van der Waals surface area contributed by atoms with E-state index in [1.54, 1.807) is 19.1 Å². The lowest BCUT2D eigenvalue weighted by Gasteiger charge is -2.14. The van der Waals surface area contributed by atoms with E-state index in [1.165, 1.54) is 30.1 Å². The zero-order valence-corrected chi connectivity index (χ0v) is 21.2. The number of anilines is 1. The van der Waals surface area contributed by atoms with Gasteiger partial charge in [0.05, 0.1) is 18.0 Å². The van der Waals surface area contributed by atoms with E-state index < -0.39 is 5.25 Å². The minimum Gasteiger partial charge on any atom is -0.378 e. The average Bonchev–Trinajstić information content (AvgIpc) is 3.27. The van der Waals surface area contributed by atoms with E-state index in [9.17, 15) is 9.18 Å². The highest BCUT2D eigenvalue weighted by atomic mass is 35.5. The number of carbonyl (C=O) groups is 1. The van der Waals surface area contributed by atoms with E-state index in [0.717, 1.165) is 16.9 Å². The highest BCUT2D eigenvalue weighted by Crippen LogP contribution is 2.27. The average molecular weight is 523 g/mol. The van der Waals surface area contributed by atoms with Gasteiger partial charge >= 0.3 is 0 Å². The molecule has 1 aromatic heterocycles. The van der Waals surface area contributed by atoms with Gasteiger partial charge in [-0.1, -0.05) is 53.7 Å². The molecule has 4 rings (SSSR count). The number of hydrazone groups is 1. The van der Waals surface area contributed by atoms with Gasteiger partial charge in [0.15, 0.2) is 11.0 Å². The first-order chi connectivity index (χ1) is 17.4. The number of carbonyl (C=O) groups excluding carboxylic acids is 1. The minimum atomic E-state index is -0.499. The van der Waals surface area contributed by atoms with E-state index in [2.05, 4.69) is 26.0 Å². The summed E-state index contributed by atoms with van der Waals surface area (Å²) in [5.41, 5.74) is 6.05. The van der Waals surface area contributed by atoms with Gasteiger partial charge in [0.25, 0.3) is 5.91 Å². The maximum absolute atomic E-state index is 13.0. The molecule has 0 aliphatic rings. The Bertz CT molecular complexity index is 1360. The summed E-state index contributed by atoms with van der Waals surface area (Å²) in [5.74, 6) is 0.0685. The summed E-state index contributed by atoms with van der Waals surface area (Å²) in [6.07, 6.45) is 1.46. The van der Waals surface area contributed by atoms with Crippen molar-refractivity contribution in [3.63, 3.8) is 0 Å². The van der Waals surface area contributed by atoms with Gasteiger partial charge in [-0.3, -0.25) is 9.36 Å². The quantitative estimate of drug-likeness (QED) is 0.169. The van der Waals surface area contributed by atoms with Gasteiger partial charge in [-0.05, 0) is 67.4 Å². The Kier molecular flexibility index (Phi) is 8.35. The van der Waals surface area contributed by atoms with E-state index >= 15 is 0 Å². The first kappa shape index (κ1) is 25.4. The normalized spacial score (nSPS) is 12.0. The maximum Gasteiger partial charge on any atom is 0.253 e. The lowest BCUT2D eigenvalue weighted by Crippen LogP contribution is -2.27. The molecule has 0 aliphatic heterocycles. The van der Waals surface area contributed by atoms with Crippen molar-refractivity contribution in [2.75, 3.05) is 5.32 Å². The summed E-state index contributed by atoms with van der Waals surface area (Å²) in [5, 5.41) is 16.9. The van der Waals surface area contributed by atoms with Crippen LogP contribution in [-0.2, 0) is 11.3 Å². The Labute approximate surface area is 217 Å². The zero-order valence-electron chi connectivity index (χ0n) is 19.7. The molecule has 1 atom stereocenters. The van der Waals surface area contributed by atoms with Crippen molar-refractivity contribution in [2.24, 2.45) is 5.10 Å². The Balaban J connectivity index is 1.48. The second-order valence-corrected chi connectivity index (χ2v) is 9.67. The van der Waals surface area contributed by atoms with Crippen LogP contribution in [0, 0.1) is 12.7 Å². The molecule has 184 valence electrons. The van der Waals surface area contributed by atoms with Gasteiger partial charge in [0.1, 0.15) is 5.82 Å². The molecule has 7 nitrogen and oxygen atoms in total. The molecule has 1 heterocycles. The molecule has 0 fully saturated rings. The molecule has 3 aromatic carbocycles. The van der Waals surface area contributed by atoms with Crippen LogP contribution in [0.5, 0.6) is 0 Å². The summed E-state index contributed by atoms with van der Waals surface area (Å²) in [6, 6.07) is 21.2. The fourth-order valence-electron chi connectivity index (χ4n) is 3.35. The third-order valence-electron chi connectivity index (χ3n) is 5.25. The van der Waals surface area contributed by atoms with Crippen LogP contribution < -0.4 is 10.7 Å². The molecule has 36 heavy (non-hydrogen) atoms. The summed E-state index contributed by atoms with van der Waals surface area (Å²) < 4.78 is 15.0. The lowest BCUT2D eigenvalue weighted by atomic mass is 10.2. The van der Waals surface area contributed by atoms with Gasteiger partial charge in [-0.25, -0.2) is 9.82 Å². The number of aryl methyl sites for hydroxylation is 1. The van der Waals surface area contributed by atoms with Crippen molar-refractivity contribution in [1.82, 2.24) is 20.2 Å². The summed E-state index contributed by atoms with van der Waals surface area (Å²) >= 11 is 7.35. The number of benzene rings is 3. The van der Waals surface area contributed by atoms with Crippen LogP contribution in [0.4, 0.5) is 10.1 Å². The number of nitrogens with one attached hydrogen (secondary N) is 2. The predicted octanol–water partition coefficient (Wildman–Crippen LogP) is 5.61. The lowest BCUT2D eigenvalue weighted by molar-refractivity contribution is -0.120. The molecule has 0 unspecified atom stereocenters. The van der Waals surface area contributed by atoms with Crippen LogP contribution in [0.25, 0.3) is 5.69 Å². The number of hydrogen-bond acceptors (Lipinski definition) is 6. The monoisotopic (exact) mass is 522 g/mol. The van der Waals surface area contributed by atoms with Crippen molar-refractivity contribution in [3.8, 4) is 5.69 Å². The molecule has 0 radical (unpaired) electrons. The van der Waals surface area contributed by atoms with Gasteiger partial charge < -0.3 is 5.32 Å². The fourth-order valence-corrected chi connectivity index (χ4v) is 4.46. The summed E-state index contributed by atoms with van der Waals surface area (Å²) in [4.78, 5) is 12.6. The number of rotatable bonds is 9. The third-order valence-corrected chi connectivity index (χ3v) is 6.53. The van der Waals surface area contributed by atoms with Crippen molar-refractivity contribution in [2.45, 2.75) is 30.8 Å². The standard InChI is InChI=1S/C26H24ClFN6OS/c1-17-14-20(27)10-13-23(17)29-16-24-31-33-26(34(24)22-6-4-3-5-7-22)36-18(2)25(35)32-30-15-19-8-11-21(28)12-9-19/h3-15,18,29H,16H2,1-2H3,(H,32,35)/t18-/m1/s1. The van der Waals surface area contributed by atoms with Crippen LogP contribution in [0.1, 0.15) is 23.9 Å². The minimum absolute atomic E-state index is 0.294. The van der Waals surface area contributed by atoms with Gasteiger partial charge in [0.2, 0.25) is 0 Å². The Morgan fingerprint density at radius 1 is 1.14 bits per heavy atom. The molecular formula is C26H24ClFN6OS. The number of aromatic nitrogens is 3. The molecule has 0 saturated heterocycles. The van der Waals surface area contributed by atoms with Crippen LogP contribution in [0.3, 0.4) is 0 Å². The predicted molar refractivity (Wildman–Crippen MR) is 142 cm³/mol. The van der Waals surface area contributed by atoms with Gasteiger partial charge in [-0.15, -0.1) is 10.2 Å². The van der Waals surface area contributed by atoms with E-state index in [4.69, 9.17) is 11.6 Å². The van der Waals surface area contributed by atoms with Gasteiger partial charge in [-0.2, -0.15) is 5.10 Å². The molecule has 0 spiro atoms. The molecule has 2 N–H and O–H groups in total. The SMILES string of the molecule is Cc1cc(Cl)ccc1NCc1nnc(S[C@H](C)C(=O)NN=Cc2ccc(F)cc2)n1-c1ccccc1. The number of hydrogen-bond donors (Lipinski definition) is 2. The van der Waals surface area contributed by atoms with Crippen LogP contribution in [0.2, 0.25) is 5.02 Å². The van der Waals surface area contributed by atoms with E-state index in [0.29, 0.717) is 28.1 Å². The Morgan fingerprint density at radius 2 is 1.89 bits per heavy atom. The number of halogens is 2. The number of para-hydroxylation sites is 1. The van der Waals surface area contributed by atoms with Crippen molar-refractivity contribution in [3.05, 3.63) is 101 Å². The molecule has 4 aromatic rings. The fraction of sp³-hybridized carbons (Fsp3) is 0.154. The first-order valence-electron chi connectivity index (χ1n) is 11.2. The van der Waals surface area contributed by atoms with E-state index in [1.807, 2.05) is 60.0 Å². The number of thioether (sulfide) groups is 1. The topological polar surface area (TPSA) is 84.2 Å². The van der Waals surface area contributed by atoms with Gasteiger partial charge in [0, 0.05) is 16.4 Å². The van der Waals surface area contributed by atoms with E-state index in [-0.39, 0.29) is 11.7 Å². The van der Waals surface area contributed by atoms with Crippen molar-refractivity contribution >= 4 is 41.2 Å². The smallest absolute Gasteiger partial charge is 0.253 e. The maximum atomic E-state index is 13.0. The van der Waals surface area contributed by atoms with Crippen LogP contribution >= 0.6 is 23.4 Å². The third kappa shape index (κ3) is 6.50. The second-order valence-electron chi connectivity index (χ2n) is 7.93. The number of nitrogens with zero attached hydrogens (tertiary/aromatic N) is 4. The van der Waals surface area contributed by atoms with Crippen LogP contribution in [-0.4, -0.2) is 32.1 Å². The Morgan fingerprint density at radius 3 is 2.61 bits per heavy atom. The van der Waals surface area contributed by atoms with Crippen molar-refractivity contribution in [1.29, 1.82) is 0 Å². The molecule has 0 saturated carbocycles. The molecule has 1 amide bonds. The first-order valence-corrected chi connectivity index (χ1v) is 12.4.